The molecule has 0 heterocycles. The van der Waals surface area contributed by atoms with Crippen molar-refractivity contribution >= 4 is 11.6 Å². The number of para-hydroxylation sites is 1. The minimum absolute atomic E-state index is 0.0687. The fourth-order valence-electron chi connectivity index (χ4n) is 2.22. The molecule has 4 nitrogen and oxygen atoms in total. The Morgan fingerprint density at radius 3 is 2.57 bits per heavy atom. The van der Waals surface area contributed by atoms with E-state index < -0.39 is 0 Å². The molecule has 1 unspecified atom stereocenters. The lowest BCUT2D eigenvalue weighted by Crippen LogP contribution is -2.21. The van der Waals surface area contributed by atoms with E-state index in [1.165, 1.54) is 0 Å². The number of rotatable bonds is 6. The summed E-state index contributed by atoms with van der Waals surface area (Å²) in [5, 5.41) is 11.6. The molecule has 1 atom stereocenters. The SMILES string of the molecule is CCC(C)c1ccccc1NC(=O)COc1ccc(C#N)cc1. The van der Waals surface area contributed by atoms with Gasteiger partial charge in [-0.25, -0.2) is 0 Å². The van der Waals surface area contributed by atoms with E-state index in [9.17, 15) is 4.79 Å². The summed E-state index contributed by atoms with van der Waals surface area (Å²) < 4.78 is 5.44. The van der Waals surface area contributed by atoms with Gasteiger partial charge in [0, 0.05) is 5.69 Å². The Hall–Kier alpha value is -2.80. The zero-order chi connectivity index (χ0) is 16.7. The normalized spacial score (nSPS) is 11.3. The first-order valence-electron chi connectivity index (χ1n) is 7.65. The maximum atomic E-state index is 12.1. The second-order valence-electron chi connectivity index (χ2n) is 5.37. The third kappa shape index (κ3) is 4.58. The van der Waals surface area contributed by atoms with Crippen LogP contribution in [0.5, 0.6) is 5.75 Å². The van der Waals surface area contributed by atoms with Gasteiger partial charge in [-0.3, -0.25) is 4.79 Å². The number of carbonyl (C=O) groups excluding carboxylic acids is 1. The lowest BCUT2D eigenvalue weighted by atomic mass is 9.97. The van der Waals surface area contributed by atoms with Gasteiger partial charge < -0.3 is 10.1 Å². The predicted octanol–water partition coefficient (Wildman–Crippen LogP) is 4.09. The third-order valence-electron chi connectivity index (χ3n) is 3.73. The Kier molecular flexibility index (Phi) is 5.76. The second-order valence-corrected chi connectivity index (χ2v) is 5.37. The van der Waals surface area contributed by atoms with Crippen LogP contribution in [-0.4, -0.2) is 12.5 Å². The molecule has 0 radical (unpaired) electrons. The first-order valence-corrected chi connectivity index (χ1v) is 7.65. The van der Waals surface area contributed by atoms with Gasteiger partial charge in [-0.05, 0) is 48.2 Å². The lowest BCUT2D eigenvalue weighted by molar-refractivity contribution is -0.118. The molecule has 0 aliphatic rings. The van der Waals surface area contributed by atoms with Gasteiger partial charge in [-0.15, -0.1) is 0 Å². The number of carbonyl (C=O) groups is 1. The molecule has 0 fully saturated rings. The van der Waals surface area contributed by atoms with Crippen LogP contribution in [0.3, 0.4) is 0 Å². The quantitative estimate of drug-likeness (QED) is 0.874. The predicted molar refractivity (Wildman–Crippen MR) is 90.4 cm³/mol. The van der Waals surface area contributed by atoms with Crippen LogP contribution in [0.2, 0.25) is 0 Å². The molecule has 2 aromatic carbocycles. The molecule has 4 heteroatoms. The summed E-state index contributed by atoms with van der Waals surface area (Å²) in [6.07, 6.45) is 1.01. The molecule has 0 saturated heterocycles. The number of hydrogen-bond donors (Lipinski definition) is 1. The van der Waals surface area contributed by atoms with E-state index >= 15 is 0 Å². The van der Waals surface area contributed by atoms with E-state index in [1.54, 1.807) is 24.3 Å². The molecule has 0 aliphatic heterocycles. The van der Waals surface area contributed by atoms with E-state index in [-0.39, 0.29) is 12.5 Å². The van der Waals surface area contributed by atoms with Gasteiger partial charge >= 0.3 is 0 Å². The number of nitriles is 1. The van der Waals surface area contributed by atoms with Crippen LogP contribution in [0.1, 0.15) is 37.3 Å². The molecule has 23 heavy (non-hydrogen) atoms. The molecule has 0 spiro atoms. The number of benzene rings is 2. The molecule has 1 amide bonds. The Morgan fingerprint density at radius 2 is 1.91 bits per heavy atom. The molecule has 0 saturated carbocycles. The highest BCUT2D eigenvalue weighted by Crippen LogP contribution is 2.26. The van der Waals surface area contributed by atoms with Crippen molar-refractivity contribution in [2.45, 2.75) is 26.2 Å². The van der Waals surface area contributed by atoms with Crippen LogP contribution in [0.25, 0.3) is 0 Å². The Balaban J connectivity index is 1.96. The van der Waals surface area contributed by atoms with Crippen molar-refractivity contribution in [2.75, 3.05) is 11.9 Å². The first kappa shape index (κ1) is 16.6. The molecule has 0 aromatic heterocycles. The molecule has 2 rings (SSSR count). The van der Waals surface area contributed by atoms with Crippen molar-refractivity contribution in [3.05, 3.63) is 59.7 Å². The molecular formula is C19H20N2O2. The maximum absolute atomic E-state index is 12.1. The minimum atomic E-state index is -0.204. The zero-order valence-corrected chi connectivity index (χ0v) is 13.4. The topological polar surface area (TPSA) is 62.1 Å². The number of ether oxygens (including phenoxy) is 1. The minimum Gasteiger partial charge on any atom is -0.484 e. The maximum Gasteiger partial charge on any atom is 0.262 e. The third-order valence-corrected chi connectivity index (χ3v) is 3.73. The van der Waals surface area contributed by atoms with Gasteiger partial charge in [0.05, 0.1) is 11.6 Å². The summed E-state index contributed by atoms with van der Waals surface area (Å²) in [4.78, 5) is 12.1. The highest BCUT2D eigenvalue weighted by atomic mass is 16.5. The van der Waals surface area contributed by atoms with Gasteiger partial charge in [-0.1, -0.05) is 32.0 Å². The molecule has 1 N–H and O–H groups in total. The Bertz CT molecular complexity index is 702. The standard InChI is InChI=1S/C19H20N2O2/c1-3-14(2)17-6-4-5-7-18(17)21-19(22)13-23-16-10-8-15(12-20)9-11-16/h4-11,14H,3,13H2,1-2H3,(H,21,22). The van der Waals surface area contributed by atoms with Gasteiger partial charge in [-0.2, -0.15) is 5.26 Å². The van der Waals surface area contributed by atoms with E-state index in [0.717, 1.165) is 17.7 Å². The van der Waals surface area contributed by atoms with Crippen molar-refractivity contribution in [1.82, 2.24) is 0 Å². The summed E-state index contributed by atoms with van der Waals surface area (Å²) in [7, 11) is 0. The van der Waals surface area contributed by atoms with Crippen LogP contribution in [-0.2, 0) is 4.79 Å². The smallest absolute Gasteiger partial charge is 0.262 e. The average Bonchev–Trinajstić information content (AvgIpc) is 2.60. The van der Waals surface area contributed by atoms with Crippen LogP contribution in [0, 0.1) is 11.3 Å². The van der Waals surface area contributed by atoms with Gasteiger partial charge in [0.25, 0.3) is 5.91 Å². The molecule has 0 aliphatic carbocycles. The lowest BCUT2D eigenvalue weighted by Gasteiger charge is -2.15. The number of nitrogens with one attached hydrogen (secondary N) is 1. The largest absolute Gasteiger partial charge is 0.484 e. The summed E-state index contributed by atoms with van der Waals surface area (Å²) in [5.74, 6) is 0.741. The van der Waals surface area contributed by atoms with Gasteiger partial charge in [0.1, 0.15) is 5.75 Å². The summed E-state index contributed by atoms with van der Waals surface area (Å²) in [5.41, 5.74) is 2.52. The van der Waals surface area contributed by atoms with Crippen molar-refractivity contribution in [3.63, 3.8) is 0 Å². The van der Waals surface area contributed by atoms with Crippen molar-refractivity contribution < 1.29 is 9.53 Å². The Morgan fingerprint density at radius 1 is 1.22 bits per heavy atom. The van der Waals surface area contributed by atoms with E-state index in [2.05, 4.69) is 19.2 Å². The molecule has 2 aromatic rings. The van der Waals surface area contributed by atoms with Crippen LogP contribution in [0.15, 0.2) is 48.5 Å². The van der Waals surface area contributed by atoms with E-state index in [0.29, 0.717) is 17.2 Å². The van der Waals surface area contributed by atoms with Crippen LogP contribution in [0.4, 0.5) is 5.69 Å². The van der Waals surface area contributed by atoms with Crippen molar-refractivity contribution in [2.24, 2.45) is 0 Å². The second kappa shape index (κ2) is 8.00. The zero-order valence-electron chi connectivity index (χ0n) is 13.4. The van der Waals surface area contributed by atoms with Crippen LogP contribution >= 0.6 is 0 Å². The molecular weight excluding hydrogens is 288 g/mol. The van der Waals surface area contributed by atoms with Crippen LogP contribution < -0.4 is 10.1 Å². The van der Waals surface area contributed by atoms with E-state index in [4.69, 9.17) is 10.00 Å². The highest BCUT2D eigenvalue weighted by molar-refractivity contribution is 5.92. The van der Waals surface area contributed by atoms with Crippen molar-refractivity contribution in [1.29, 1.82) is 5.26 Å². The number of nitrogens with zero attached hydrogens (tertiary/aromatic N) is 1. The summed E-state index contributed by atoms with van der Waals surface area (Å²) in [6, 6.07) is 16.5. The Labute approximate surface area is 136 Å². The number of hydrogen-bond acceptors (Lipinski definition) is 3. The van der Waals surface area contributed by atoms with E-state index in [1.807, 2.05) is 30.3 Å². The fourth-order valence-corrected chi connectivity index (χ4v) is 2.22. The average molecular weight is 308 g/mol. The summed E-state index contributed by atoms with van der Waals surface area (Å²) in [6.45, 7) is 4.19. The number of amides is 1. The van der Waals surface area contributed by atoms with Gasteiger partial charge in [0.15, 0.2) is 6.61 Å². The summed E-state index contributed by atoms with van der Waals surface area (Å²) >= 11 is 0. The molecule has 0 bridgehead atoms. The highest BCUT2D eigenvalue weighted by Gasteiger charge is 2.11. The fraction of sp³-hybridized carbons (Fsp3) is 0.263. The van der Waals surface area contributed by atoms with Gasteiger partial charge in [0.2, 0.25) is 0 Å². The first-order chi connectivity index (χ1) is 11.1. The molecule has 118 valence electrons. The number of anilines is 1. The monoisotopic (exact) mass is 308 g/mol. The van der Waals surface area contributed by atoms with Crippen molar-refractivity contribution in [3.8, 4) is 11.8 Å².